The number of piperidine rings is 1. The Kier molecular flexibility index (Phi) is 9.57. The van der Waals surface area contributed by atoms with E-state index in [1.54, 1.807) is 15.9 Å². The van der Waals surface area contributed by atoms with E-state index in [2.05, 4.69) is 24.0 Å². The number of carboxylic acid groups (broad SMARTS) is 1. The van der Waals surface area contributed by atoms with Crippen molar-refractivity contribution in [3.63, 3.8) is 0 Å². The summed E-state index contributed by atoms with van der Waals surface area (Å²) in [5.41, 5.74) is 3.92. The van der Waals surface area contributed by atoms with Crippen molar-refractivity contribution in [2.45, 2.75) is 104 Å². The van der Waals surface area contributed by atoms with Gasteiger partial charge in [0.2, 0.25) is 0 Å². The minimum Gasteiger partial charge on any atom is -0.478 e. The molecule has 3 aliphatic rings. The number of carbonyl (C=O) groups is 3. The molecule has 3 heterocycles. The summed E-state index contributed by atoms with van der Waals surface area (Å²) in [6.07, 6.45) is 2.43. The topological polar surface area (TPSA) is 109 Å². The fourth-order valence-corrected chi connectivity index (χ4v) is 7.22. The van der Waals surface area contributed by atoms with Crippen LogP contribution in [0, 0.1) is 6.92 Å². The zero-order chi connectivity index (χ0) is 34.3. The van der Waals surface area contributed by atoms with E-state index >= 15 is 0 Å². The third-order valence-electron chi connectivity index (χ3n) is 9.54. The van der Waals surface area contributed by atoms with Crippen LogP contribution < -0.4 is 9.80 Å². The lowest BCUT2D eigenvalue weighted by atomic mass is 9.75. The van der Waals surface area contributed by atoms with Gasteiger partial charge in [0.05, 0.1) is 11.3 Å². The van der Waals surface area contributed by atoms with Gasteiger partial charge in [-0.3, -0.25) is 4.90 Å². The van der Waals surface area contributed by atoms with Crippen molar-refractivity contribution in [1.82, 2.24) is 4.90 Å². The quantitative estimate of drug-likeness (QED) is 0.357. The second kappa shape index (κ2) is 13.0. The first-order chi connectivity index (χ1) is 22.0. The molecule has 10 nitrogen and oxygen atoms in total. The van der Waals surface area contributed by atoms with Crippen LogP contribution in [0.3, 0.4) is 0 Å². The molecule has 2 fully saturated rings. The molecule has 2 saturated heterocycles. The third-order valence-corrected chi connectivity index (χ3v) is 9.54. The van der Waals surface area contributed by atoms with E-state index in [0.29, 0.717) is 45.0 Å². The molecule has 0 atom stereocenters. The SMILES string of the molecule is CCN(c1cc(-c2ccc3c(c2)N(C(=O)OC(C)(C)C)CC32CCOCC2)cc(C(=O)O)c1C)C1CCN(C(=O)OC(C)(C)C)CC1. The largest absolute Gasteiger partial charge is 0.478 e. The van der Waals surface area contributed by atoms with Crippen LogP contribution >= 0.6 is 0 Å². The molecule has 0 radical (unpaired) electrons. The number of hydrogen-bond donors (Lipinski definition) is 1. The van der Waals surface area contributed by atoms with E-state index in [9.17, 15) is 19.5 Å². The van der Waals surface area contributed by atoms with Crippen molar-refractivity contribution >= 4 is 29.5 Å². The third kappa shape index (κ3) is 7.37. The van der Waals surface area contributed by atoms with Gasteiger partial charge in [-0.2, -0.15) is 0 Å². The van der Waals surface area contributed by atoms with Gasteiger partial charge in [-0.1, -0.05) is 12.1 Å². The normalized spacial score (nSPS) is 18.2. The minimum atomic E-state index is -0.987. The smallest absolute Gasteiger partial charge is 0.414 e. The zero-order valence-electron chi connectivity index (χ0n) is 29.3. The fourth-order valence-electron chi connectivity index (χ4n) is 7.22. The van der Waals surface area contributed by atoms with Crippen molar-refractivity contribution in [1.29, 1.82) is 0 Å². The van der Waals surface area contributed by atoms with E-state index in [4.69, 9.17) is 14.2 Å². The Labute approximate surface area is 278 Å². The molecule has 10 heteroatoms. The molecule has 2 aromatic rings. The zero-order valence-corrected chi connectivity index (χ0v) is 29.3. The Morgan fingerprint density at radius 2 is 1.55 bits per heavy atom. The fraction of sp³-hybridized carbons (Fsp3) is 0.595. The van der Waals surface area contributed by atoms with Gasteiger partial charge in [-0.05, 0) is 122 Å². The number of anilines is 2. The molecule has 2 aromatic carbocycles. The molecular formula is C37H51N3O7. The number of hydrogen-bond acceptors (Lipinski definition) is 7. The average Bonchev–Trinajstić information content (AvgIpc) is 3.30. The molecule has 0 aliphatic carbocycles. The number of fused-ring (bicyclic) bond motifs is 2. The van der Waals surface area contributed by atoms with E-state index in [-0.39, 0.29) is 29.2 Å². The number of amides is 2. The Hall–Kier alpha value is -3.79. The summed E-state index contributed by atoms with van der Waals surface area (Å²) >= 11 is 0. The van der Waals surface area contributed by atoms with Crippen LogP contribution in [-0.4, -0.2) is 84.8 Å². The van der Waals surface area contributed by atoms with Crippen molar-refractivity contribution in [2.24, 2.45) is 0 Å². The van der Waals surface area contributed by atoms with Crippen molar-refractivity contribution in [3.05, 3.63) is 47.0 Å². The molecule has 1 spiro atoms. The number of carbonyl (C=O) groups excluding carboxylic acids is 2. The van der Waals surface area contributed by atoms with Crippen molar-refractivity contribution in [2.75, 3.05) is 49.2 Å². The maximum atomic E-state index is 13.5. The van der Waals surface area contributed by atoms with Crippen LogP contribution in [-0.2, 0) is 19.6 Å². The van der Waals surface area contributed by atoms with Gasteiger partial charge in [0.1, 0.15) is 11.2 Å². The molecule has 256 valence electrons. The van der Waals surface area contributed by atoms with Crippen LogP contribution in [0.25, 0.3) is 11.1 Å². The summed E-state index contributed by atoms with van der Waals surface area (Å²) in [5.74, 6) is -0.987. The van der Waals surface area contributed by atoms with Gasteiger partial charge in [-0.25, -0.2) is 14.4 Å². The highest BCUT2D eigenvalue weighted by Crippen LogP contribution is 2.49. The highest BCUT2D eigenvalue weighted by Gasteiger charge is 2.46. The predicted octanol–water partition coefficient (Wildman–Crippen LogP) is 7.39. The predicted molar refractivity (Wildman–Crippen MR) is 183 cm³/mol. The van der Waals surface area contributed by atoms with Crippen LogP contribution in [0.4, 0.5) is 21.0 Å². The highest BCUT2D eigenvalue weighted by molar-refractivity contribution is 5.96. The van der Waals surface area contributed by atoms with E-state index in [1.165, 1.54) is 0 Å². The summed E-state index contributed by atoms with van der Waals surface area (Å²) in [4.78, 5) is 44.6. The lowest BCUT2D eigenvalue weighted by molar-refractivity contribution is 0.0204. The Morgan fingerprint density at radius 1 is 0.936 bits per heavy atom. The van der Waals surface area contributed by atoms with Crippen LogP contribution in [0.15, 0.2) is 30.3 Å². The van der Waals surface area contributed by atoms with E-state index < -0.39 is 17.2 Å². The number of nitrogens with zero attached hydrogens (tertiary/aromatic N) is 3. The molecule has 0 bridgehead atoms. The molecule has 0 unspecified atom stereocenters. The summed E-state index contributed by atoms with van der Waals surface area (Å²) in [7, 11) is 0. The van der Waals surface area contributed by atoms with Gasteiger partial charge >= 0.3 is 18.2 Å². The van der Waals surface area contributed by atoms with Crippen molar-refractivity contribution < 1.29 is 33.7 Å². The van der Waals surface area contributed by atoms with Gasteiger partial charge in [0, 0.05) is 56.5 Å². The summed E-state index contributed by atoms with van der Waals surface area (Å²) < 4.78 is 17.1. The standard InChI is InChI=1S/C37H51N3O7/c1-9-39(27-12-16-38(17-13-27)33(43)46-35(3,4)5)30-22-26(20-28(24(30)2)32(41)42)25-10-11-29-31(21-25)40(34(44)47-36(6,7)8)23-37(29)14-18-45-19-15-37/h10-11,20-22,27H,9,12-19,23H2,1-8H3,(H,41,42). The molecular weight excluding hydrogens is 598 g/mol. The monoisotopic (exact) mass is 649 g/mol. The molecule has 3 aliphatic heterocycles. The second-order valence-corrected chi connectivity index (χ2v) is 15.1. The number of rotatable bonds is 5. The second-order valence-electron chi connectivity index (χ2n) is 15.1. The maximum absolute atomic E-state index is 13.5. The van der Waals surface area contributed by atoms with Crippen LogP contribution in [0.5, 0.6) is 0 Å². The van der Waals surface area contributed by atoms with Gasteiger partial charge in [-0.15, -0.1) is 0 Å². The molecule has 0 aromatic heterocycles. The van der Waals surface area contributed by atoms with Crippen LogP contribution in [0.2, 0.25) is 0 Å². The van der Waals surface area contributed by atoms with E-state index in [0.717, 1.165) is 53.7 Å². The molecule has 5 rings (SSSR count). The van der Waals surface area contributed by atoms with Crippen molar-refractivity contribution in [3.8, 4) is 11.1 Å². The summed E-state index contributed by atoms with van der Waals surface area (Å²) in [6, 6.07) is 10.1. The molecule has 47 heavy (non-hydrogen) atoms. The Bertz CT molecular complexity index is 1510. The minimum absolute atomic E-state index is 0.130. The van der Waals surface area contributed by atoms with Crippen LogP contribution in [0.1, 0.15) is 95.6 Å². The lowest BCUT2D eigenvalue weighted by Gasteiger charge is -2.40. The number of likely N-dealkylation sites (tertiary alicyclic amines) is 1. The average molecular weight is 650 g/mol. The molecule has 2 amide bonds. The lowest BCUT2D eigenvalue weighted by Crippen LogP contribution is -2.48. The highest BCUT2D eigenvalue weighted by atomic mass is 16.6. The Morgan fingerprint density at radius 3 is 2.13 bits per heavy atom. The van der Waals surface area contributed by atoms with Gasteiger partial charge in [0.15, 0.2) is 0 Å². The first-order valence-corrected chi connectivity index (χ1v) is 16.9. The number of benzene rings is 2. The van der Waals surface area contributed by atoms with Gasteiger partial charge in [0.25, 0.3) is 0 Å². The summed E-state index contributed by atoms with van der Waals surface area (Å²) in [5, 5.41) is 10.3. The first kappa shape index (κ1) is 34.5. The maximum Gasteiger partial charge on any atom is 0.414 e. The number of carboxylic acids is 1. The van der Waals surface area contributed by atoms with E-state index in [1.807, 2.05) is 60.6 Å². The molecule has 0 saturated carbocycles. The summed E-state index contributed by atoms with van der Waals surface area (Å²) in [6.45, 7) is 18.7. The number of aromatic carboxylic acids is 1. The molecule has 1 N–H and O–H groups in total. The van der Waals surface area contributed by atoms with Gasteiger partial charge < -0.3 is 29.1 Å². The Balaban J connectivity index is 1.50. The first-order valence-electron chi connectivity index (χ1n) is 16.9. The number of ether oxygens (including phenoxy) is 3.